The summed E-state index contributed by atoms with van der Waals surface area (Å²) in [6, 6.07) is 0. The lowest BCUT2D eigenvalue weighted by Crippen LogP contribution is -2.64. The van der Waals surface area contributed by atoms with Crippen molar-refractivity contribution in [3.05, 3.63) is 0 Å². The van der Waals surface area contributed by atoms with E-state index in [-0.39, 0.29) is 0 Å². The van der Waals surface area contributed by atoms with Crippen LogP contribution < -0.4 is 0 Å². The van der Waals surface area contributed by atoms with Crippen LogP contribution in [0.15, 0.2) is 0 Å². The summed E-state index contributed by atoms with van der Waals surface area (Å²) in [6.45, 7) is 0. The molecule has 1 saturated carbocycles. The molecule has 18 heteroatoms. The van der Waals surface area contributed by atoms with Gasteiger partial charge in [-0.25, -0.2) is 13.7 Å². The fourth-order valence-corrected chi connectivity index (χ4v) is 4.99. The van der Waals surface area contributed by atoms with E-state index in [4.69, 9.17) is 14.7 Å². The summed E-state index contributed by atoms with van der Waals surface area (Å²) < 4.78 is 44.1. The molecule has 0 aromatic carbocycles. The normalized spacial score (nSPS) is 39.9. The first kappa shape index (κ1) is 22.3. The van der Waals surface area contributed by atoms with Gasteiger partial charge in [0.25, 0.3) is 0 Å². The maximum absolute atomic E-state index is 11.6. The van der Waals surface area contributed by atoms with E-state index in [9.17, 15) is 44.1 Å². The van der Waals surface area contributed by atoms with E-state index < -0.39 is 60.1 Å². The quantitative estimate of drug-likeness (QED) is 0.189. The highest BCUT2D eigenvalue weighted by molar-refractivity contribution is 7.66. The number of rotatable bonds is 6. The zero-order valence-electron chi connectivity index (χ0n) is 11.3. The van der Waals surface area contributed by atoms with Gasteiger partial charge in [-0.15, -0.1) is 0 Å². The lowest BCUT2D eigenvalue weighted by Gasteiger charge is -2.41. The second-order valence-electron chi connectivity index (χ2n) is 4.61. The second-order valence-corrected chi connectivity index (χ2v) is 8.99. The molecule has 24 heavy (non-hydrogen) atoms. The Hall–Kier alpha value is 0.210. The third-order valence-electron chi connectivity index (χ3n) is 2.74. The second kappa shape index (κ2) is 7.45. The summed E-state index contributed by atoms with van der Waals surface area (Å²) >= 11 is 0. The van der Waals surface area contributed by atoms with Crippen LogP contribution >= 0.6 is 23.5 Å². The molecule has 0 aromatic rings. The molecule has 9 N–H and O–H groups in total. The van der Waals surface area contributed by atoms with Gasteiger partial charge in [-0.05, 0) is 0 Å². The highest BCUT2D eigenvalue weighted by atomic mass is 31.3. The zero-order valence-corrected chi connectivity index (χ0v) is 14.0. The maximum atomic E-state index is 11.6. The molecule has 0 amide bonds. The molecule has 0 heterocycles. The molecule has 0 saturated heterocycles. The molecule has 15 nitrogen and oxygen atoms in total. The molecule has 0 aromatic heterocycles. The van der Waals surface area contributed by atoms with Gasteiger partial charge < -0.3 is 45.1 Å². The molecular formula is C6H15O15P3. The highest BCUT2D eigenvalue weighted by Crippen LogP contribution is 2.66. The van der Waals surface area contributed by atoms with Crippen molar-refractivity contribution in [3.8, 4) is 0 Å². The van der Waals surface area contributed by atoms with Gasteiger partial charge in [0.2, 0.25) is 0 Å². The van der Waals surface area contributed by atoms with Gasteiger partial charge in [-0.1, -0.05) is 0 Å². The minimum atomic E-state index is -5.82. The first-order valence-corrected chi connectivity index (χ1v) is 10.3. The summed E-state index contributed by atoms with van der Waals surface area (Å²) in [5.41, 5.74) is 0. The zero-order chi connectivity index (χ0) is 19.1. The van der Waals surface area contributed by atoms with Crippen molar-refractivity contribution in [2.24, 2.45) is 0 Å². The molecular weight excluding hydrogens is 405 g/mol. The Bertz CT molecular complexity index is 570. The van der Waals surface area contributed by atoms with Crippen LogP contribution in [0.1, 0.15) is 0 Å². The third-order valence-corrected chi connectivity index (χ3v) is 6.58. The van der Waals surface area contributed by atoms with Crippen molar-refractivity contribution in [2.75, 3.05) is 0 Å². The standard InChI is InChI=1S/C6H15O15P3/c7-1-2(8)4(10)6(5(11)3(1)9)19-23(15,16)21-24(17,18)20-22(12,13)14/h1-11H,(H,15,16)(H,17,18)(H2,12,13,14)/t1-,2-,3+,4-,5-,6+/m1/s1. The van der Waals surface area contributed by atoms with Crippen LogP contribution in [-0.2, 0) is 26.8 Å². The summed E-state index contributed by atoms with van der Waals surface area (Å²) in [5.74, 6) is 0. The van der Waals surface area contributed by atoms with Crippen molar-refractivity contribution in [3.63, 3.8) is 0 Å². The molecule has 1 rings (SSSR count). The lowest BCUT2D eigenvalue weighted by atomic mass is 9.85. The summed E-state index contributed by atoms with van der Waals surface area (Å²) in [5, 5.41) is 47.2. The van der Waals surface area contributed by atoms with Gasteiger partial charge in [0.15, 0.2) is 0 Å². The molecule has 0 aliphatic heterocycles. The molecule has 0 bridgehead atoms. The smallest absolute Gasteiger partial charge is 0.387 e. The Labute approximate surface area is 133 Å². The number of hydrogen-bond acceptors (Lipinski definition) is 11. The van der Waals surface area contributed by atoms with Crippen molar-refractivity contribution >= 4 is 23.5 Å². The average molecular weight is 420 g/mol. The predicted molar refractivity (Wildman–Crippen MR) is 68.8 cm³/mol. The minimum Gasteiger partial charge on any atom is -0.387 e. The van der Waals surface area contributed by atoms with Crippen molar-refractivity contribution in [1.82, 2.24) is 0 Å². The minimum absolute atomic E-state index is 2.05. The van der Waals surface area contributed by atoms with Gasteiger partial charge in [0.05, 0.1) is 0 Å². The largest absolute Gasteiger partial charge is 0.490 e. The Morgan fingerprint density at radius 3 is 1.33 bits per heavy atom. The Morgan fingerprint density at radius 1 is 0.583 bits per heavy atom. The van der Waals surface area contributed by atoms with Crippen molar-refractivity contribution in [2.45, 2.75) is 36.6 Å². The number of aliphatic hydroxyl groups is 5. The van der Waals surface area contributed by atoms with Crippen LogP contribution in [0.2, 0.25) is 0 Å². The van der Waals surface area contributed by atoms with E-state index >= 15 is 0 Å². The third kappa shape index (κ3) is 5.88. The van der Waals surface area contributed by atoms with Crippen LogP contribution in [0.3, 0.4) is 0 Å². The SMILES string of the molecule is O=P(O)(O)OP(=O)(O)OP(=O)(O)O[C@H]1[C@H](O)[C@H](O)[C@@H](O)[C@H](O)[C@H]1O. The molecule has 144 valence electrons. The molecule has 1 aliphatic carbocycles. The Kier molecular flexibility index (Phi) is 6.90. The van der Waals surface area contributed by atoms with E-state index in [1.54, 1.807) is 0 Å². The number of phosphoric ester groups is 1. The fourth-order valence-electron chi connectivity index (χ4n) is 1.77. The van der Waals surface area contributed by atoms with E-state index in [0.717, 1.165) is 0 Å². The summed E-state index contributed by atoms with van der Waals surface area (Å²) in [7, 11) is -17.2. The first-order valence-electron chi connectivity index (χ1n) is 5.79. The summed E-state index contributed by atoms with van der Waals surface area (Å²) in [6.07, 6.45) is -13.1. The molecule has 2 unspecified atom stereocenters. The van der Waals surface area contributed by atoms with Crippen LogP contribution in [-0.4, -0.2) is 81.7 Å². The van der Waals surface area contributed by atoms with E-state index in [0.29, 0.717) is 0 Å². The molecule has 8 atom stereocenters. The molecule has 1 fully saturated rings. The van der Waals surface area contributed by atoms with Gasteiger partial charge in [0.1, 0.15) is 36.6 Å². The monoisotopic (exact) mass is 420 g/mol. The van der Waals surface area contributed by atoms with Crippen molar-refractivity contribution in [1.29, 1.82) is 0 Å². The van der Waals surface area contributed by atoms with Crippen LogP contribution in [0.25, 0.3) is 0 Å². The number of phosphoric acid groups is 3. The lowest BCUT2D eigenvalue weighted by molar-refractivity contribution is -0.219. The van der Waals surface area contributed by atoms with Gasteiger partial charge in [0, 0.05) is 0 Å². The van der Waals surface area contributed by atoms with Gasteiger partial charge in [-0.3, -0.25) is 4.52 Å². The highest BCUT2D eigenvalue weighted by Gasteiger charge is 2.52. The van der Waals surface area contributed by atoms with Gasteiger partial charge >= 0.3 is 23.5 Å². The van der Waals surface area contributed by atoms with Crippen LogP contribution in [0.4, 0.5) is 0 Å². The Morgan fingerprint density at radius 2 is 0.958 bits per heavy atom. The van der Waals surface area contributed by atoms with Gasteiger partial charge in [-0.2, -0.15) is 8.62 Å². The van der Waals surface area contributed by atoms with E-state index in [1.165, 1.54) is 0 Å². The number of aliphatic hydroxyl groups excluding tert-OH is 5. The molecule has 0 radical (unpaired) electrons. The van der Waals surface area contributed by atoms with E-state index in [2.05, 4.69) is 13.1 Å². The Balaban J connectivity index is 2.91. The van der Waals surface area contributed by atoms with Crippen LogP contribution in [0.5, 0.6) is 0 Å². The van der Waals surface area contributed by atoms with Crippen molar-refractivity contribution < 1.29 is 71.9 Å². The van der Waals surface area contributed by atoms with E-state index in [1.807, 2.05) is 0 Å². The first-order chi connectivity index (χ1) is 10.6. The topological polar surface area (TPSA) is 261 Å². The predicted octanol–water partition coefficient (Wildman–Crippen LogP) is -3.48. The molecule has 0 spiro atoms. The average Bonchev–Trinajstić information content (AvgIpc) is 2.35. The summed E-state index contributed by atoms with van der Waals surface area (Å²) in [4.78, 5) is 34.9. The fraction of sp³-hybridized carbons (Fsp3) is 1.00. The number of hydrogen-bond donors (Lipinski definition) is 9. The maximum Gasteiger partial charge on any atom is 0.490 e. The molecule has 1 aliphatic rings. The van der Waals surface area contributed by atoms with Crippen LogP contribution in [0, 0.1) is 0 Å².